The van der Waals surface area contributed by atoms with Crippen molar-refractivity contribution in [3.63, 3.8) is 0 Å². The van der Waals surface area contributed by atoms with Crippen LogP contribution < -0.4 is 0 Å². The molecule has 2 N–H and O–H groups in total. The molecule has 0 radical (unpaired) electrons. The number of aliphatic hydroxyl groups excluding tert-OH is 1. The van der Waals surface area contributed by atoms with Crippen molar-refractivity contribution >= 4 is 17.5 Å². The van der Waals surface area contributed by atoms with Crippen LogP contribution in [0, 0.1) is 22.7 Å². The highest BCUT2D eigenvalue weighted by atomic mass is 19.1. The number of alkyl halides is 1. The molecule has 30 heavy (non-hydrogen) atoms. The maximum Gasteiger partial charge on any atom is 0.303 e. The molecule has 7 heteroatoms. The van der Waals surface area contributed by atoms with Gasteiger partial charge in [0.15, 0.2) is 12.4 Å². The van der Waals surface area contributed by atoms with Gasteiger partial charge in [-0.2, -0.15) is 0 Å². The van der Waals surface area contributed by atoms with Crippen molar-refractivity contribution in [2.24, 2.45) is 22.7 Å². The maximum atomic E-state index is 16.9. The minimum atomic E-state index is -1.91. The van der Waals surface area contributed by atoms with Crippen LogP contribution in [0.2, 0.25) is 0 Å². The van der Waals surface area contributed by atoms with Crippen LogP contribution in [0.25, 0.3) is 0 Å². The Morgan fingerprint density at radius 1 is 1.20 bits per heavy atom. The highest BCUT2D eigenvalue weighted by molar-refractivity contribution is 5.92. The summed E-state index contributed by atoms with van der Waals surface area (Å²) < 4.78 is 21.8. The van der Waals surface area contributed by atoms with Crippen LogP contribution in [0.3, 0.4) is 0 Å². The van der Waals surface area contributed by atoms with Crippen molar-refractivity contribution in [1.82, 2.24) is 0 Å². The van der Waals surface area contributed by atoms with Gasteiger partial charge in [-0.05, 0) is 50.5 Å². The number of allylic oxidation sites excluding steroid dienone is 1. The van der Waals surface area contributed by atoms with E-state index in [-0.39, 0.29) is 31.0 Å². The molecule has 0 bridgehead atoms. The fourth-order valence-electron chi connectivity index (χ4n) is 7.32. The van der Waals surface area contributed by atoms with Crippen molar-refractivity contribution in [2.75, 3.05) is 6.61 Å². The molecule has 6 nitrogen and oxygen atoms in total. The van der Waals surface area contributed by atoms with Crippen LogP contribution in [-0.2, 0) is 19.1 Å². The Hall–Kier alpha value is -1.60. The van der Waals surface area contributed by atoms with Crippen molar-refractivity contribution in [3.05, 3.63) is 11.6 Å². The van der Waals surface area contributed by atoms with E-state index in [2.05, 4.69) is 0 Å². The van der Waals surface area contributed by atoms with E-state index in [0.717, 1.165) is 5.57 Å². The minimum absolute atomic E-state index is 0.00553. The molecule has 4 aliphatic rings. The number of aliphatic hydroxyl groups is 2. The van der Waals surface area contributed by atoms with Gasteiger partial charge in [0.2, 0.25) is 5.78 Å². The number of hydrogen-bond acceptors (Lipinski definition) is 6. The molecule has 0 aliphatic heterocycles. The summed E-state index contributed by atoms with van der Waals surface area (Å²) in [5, 5.41) is 22.6. The molecule has 4 aliphatic carbocycles. The normalized spacial score (nSPS) is 47.6. The summed E-state index contributed by atoms with van der Waals surface area (Å²) >= 11 is 0. The van der Waals surface area contributed by atoms with E-state index in [1.165, 1.54) is 6.92 Å². The first-order chi connectivity index (χ1) is 13.9. The Labute approximate surface area is 175 Å². The summed E-state index contributed by atoms with van der Waals surface area (Å²) in [7, 11) is 0. The smallest absolute Gasteiger partial charge is 0.303 e. The number of Topliss-reactive ketones (excluding diaryl/α,β-unsaturated/α-hetero) is 1. The van der Waals surface area contributed by atoms with Crippen LogP contribution in [0.15, 0.2) is 11.6 Å². The summed E-state index contributed by atoms with van der Waals surface area (Å²) in [5.74, 6) is -1.99. The summed E-state index contributed by atoms with van der Waals surface area (Å²) in [6.45, 7) is 4.25. The second-order valence-electron chi connectivity index (χ2n) is 10.2. The predicted octanol–water partition coefficient (Wildman–Crippen LogP) is 2.44. The maximum absolute atomic E-state index is 16.9. The first-order valence-corrected chi connectivity index (χ1v) is 10.9. The van der Waals surface area contributed by atoms with Crippen molar-refractivity contribution in [1.29, 1.82) is 0 Å². The zero-order valence-corrected chi connectivity index (χ0v) is 17.9. The quantitative estimate of drug-likeness (QED) is 0.678. The van der Waals surface area contributed by atoms with Gasteiger partial charge in [-0.15, -0.1) is 0 Å². The van der Waals surface area contributed by atoms with E-state index in [0.29, 0.717) is 25.7 Å². The van der Waals surface area contributed by atoms with Gasteiger partial charge in [-0.1, -0.05) is 19.4 Å². The molecular weight excluding hydrogens is 391 g/mol. The highest BCUT2D eigenvalue weighted by Gasteiger charge is 2.74. The van der Waals surface area contributed by atoms with E-state index in [1.54, 1.807) is 13.0 Å². The molecule has 0 aromatic rings. The minimum Gasteiger partial charge on any atom is -0.458 e. The zero-order chi connectivity index (χ0) is 22.1. The third-order valence-electron chi connectivity index (χ3n) is 9.06. The number of esters is 1. The fraction of sp³-hybridized carbons (Fsp3) is 0.783. The van der Waals surface area contributed by atoms with E-state index < -0.39 is 52.5 Å². The van der Waals surface area contributed by atoms with Gasteiger partial charge in [-0.25, -0.2) is 4.39 Å². The highest BCUT2D eigenvalue weighted by Crippen LogP contribution is 2.70. The summed E-state index contributed by atoms with van der Waals surface area (Å²) in [6, 6.07) is 0. The first-order valence-electron chi connectivity index (χ1n) is 10.9. The average Bonchev–Trinajstić information content (AvgIpc) is 2.94. The van der Waals surface area contributed by atoms with E-state index in [9.17, 15) is 24.6 Å². The second-order valence-corrected chi connectivity index (χ2v) is 10.2. The SMILES string of the molecule is CC(=O)OCC(=O)C1(O)CCC2C3CCC4=CC(=O)CCC4(C)[C@@]3(F)C(O)CC21C. The Morgan fingerprint density at radius 2 is 1.90 bits per heavy atom. The molecule has 0 aromatic heterocycles. The molecular formula is C23H31FO6. The van der Waals surface area contributed by atoms with Gasteiger partial charge in [0.1, 0.15) is 11.3 Å². The van der Waals surface area contributed by atoms with E-state index >= 15 is 4.39 Å². The Kier molecular flexibility index (Phi) is 4.83. The monoisotopic (exact) mass is 422 g/mol. The lowest BCUT2D eigenvalue weighted by atomic mass is 9.44. The van der Waals surface area contributed by atoms with Crippen molar-refractivity contribution in [2.45, 2.75) is 83.1 Å². The van der Waals surface area contributed by atoms with Gasteiger partial charge >= 0.3 is 5.97 Å². The number of ether oxygens (including phenoxy) is 1. The molecule has 0 amide bonds. The second kappa shape index (κ2) is 6.70. The van der Waals surface area contributed by atoms with Gasteiger partial charge in [-0.3, -0.25) is 14.4 Å². The van der Waals surface area contributed by atoms with Crippen molar-refractivity contribution < 1.29 is 33.7 Å². The van der Waals surface area contributed by atoms with Gasteiger partial charge in [0.05, 0.1) is 6.10 Å². The Morgan fingerprint density at radius 3 is 2.57 bits per heavy atom. The number of fused-ring (bicyclic) bond motifs is 5. The first kappa shape index (κ1) is 21.6. The number of carbonyl (C=O) groups is 3. The van der Waals surface area contributed by atoms with E-state index in [1.807, 2.05) is 6.92 Å². The van der Waals surface area contributed by atoms with Gasteiger partial charge in [0, 0.05) is 30.1 Å². The molecule has 6 unspecified atom stereocenters. The molecule has 3 saturated carbocycles. The van der Waals surface area contributed by atoms with Crippen LogP contribution in [-0.4, -0.2) is 51.7 Å². The molecule has 7 atom stereocenters. The largest absolute Gasteiger partial charge is 0.458 e. The van der Waals surface area contributed by atoms with Crippen LogP contribution in [0.4, 0.5) is 4.39 Å². The summed E-state index contributed by atoms with van der Waals surface area (Å²) in [4.78, 5) is 35.9. The van der Waals surface area contributed by atoms with Crippen LogP contribution >= 0.6 is 0 Å². The number of hydrogen-bond donors (Lipinski definition) is 2. The molecule has 166 valence electrons. The van der Waals surface area contributed by atoms with Gasteiger partial charge < -0.3 is 14.9 Å². The Bertz CT molecular complexity index is 838. The predicted molar refractivity (Wildman–Crippen MR) is 105 cm³/mol. The fourth-order valence-corrected chi connectivity index (χ4v) is 7.32. The molecule has 0 spiro atoms. The zero-order valence-electron chi connectivity index (χ0n) is 17.9. The topological polar surface area (TPSA) is 101 Å². The van der Waals surface area contributed by atoms with Crippen LogP contribution in [0.5, 0.6) is 0 Å². The molecule has 0 saturated heterocycles. The number of ketones is 2. The third kappa shape index (κ3) is 2.57. The standard InChI is InChI=1S/C23H31FO6/c1-13(25)30-12-19(28)22(29)9-7-16-17-5-4-14-10-15(26)6-8-20(14,2)23(17,24)18(27)11-21(16,22)3/h10,16-18,27,29H,4-9,11-12H2,1-3H3/t16?,17?,18?,20?,21?,22?,23-/m0/s1. The lowest BCUT2D eigenvalue weighted by Gasteiger charge is -2.63. The molecule has 4 rings (SSSR count). The van der Waals surface area contributed by atoms with Gasteiger partial charge in [0.25, 0.3) is 0 Å². The third-order valence-corrected chi connectivity index (χ3v) is 9.06. The molecule has 3 fully saturated rings. The number of rotatable bonds is 3. The lowest BCUT2D eigenvalue weighted by molar-refractivity contribution is -0.227. The average molecular weight is 422 g/mol. The summed E-state index contributed by atoms with van der Waals surface area (Å²) in [6.07, 6.45) is 2.45. The van der Waals surface area contributed by atoms with Crippen LogP contribution in [0.1, 0.15) is 65.7 Å². The Balaban J connectivity index is 1.71. The van der Waals surface area contributed by atoms with Crippen molar-refractivity contribution in [3.8, 4) is 0 Å². The van der Waals surface area contributed by atoms with E-state index in [4.69, 9.17) is 4.74 Å². The lowest BCUT2D eigenvalue weighted by Crippen LogP contribution is -2.69. The molecule has 0 heterocycles. The number of halogens is 1. The summed E-state index contributed by atoms with van der Waals surface area (Å²) in [5.41, 5.74) is -4.83. The molecule has 0 aromatic carbocycles. The number of carbonyl (C=O) groups excluding carboxylic acids is 3.